The molecule has 118 valence electrons. The molecule has 0 fully saturated rings. The average molecular weight is 329 g/mol. The van der Waals surface area contributed by atoms with E-state index in [0.717, 1.165) is 24.2 Å². The highest BCUT2D eigenvalue weighted by molar-refractivity contribution is 6.30. The molecule has 2 nitrogen and oxygen atoms in total. The van der Waals surface area contributed by atoms with E-state index >= 15 is 0 Å². The molecule has 0 amide bonds. The summed E-state index contributed by atoms with van der Waals surface area (Å²) in [6.07, 6.45) is -3.55. The minimum absolute atomic E-state index is 0.470. The van der Waals surface area contributed by atoms with E-state index in [1.807, 2.05) is 18.2 Å². The summed E-state index contributed by atoms with van der Waals surface area (Å²) in [7, 11) is 0. The molecule has 0 aliphatic carbocycles. The first-order chi connectivity index (χ1) is 10.4. The molecule has 22 heavy (non-hydrogen) atoms. The quantitative estimate of drug-likeness (QED) is 0.706. The van der Waals surface area contributed by atoms with Gasteiger partial charge in [-0.2, -0.15) is 13.2 Å². The molecule has 0 unspecified atom stereocenters. The van der Waals surface area contributed by atoms with Crippen molar-refractivity contribution in [2.45, 2.75) is 12.6 Å². The number of alkyl halides is 3. The van der Waals surface area contributed by atoms with E-state index in [9.17, 15) is 13.2 Å². The monoisotopic (exact) mass is 328 g/mol. The molecule has 2 rings (SSSR count). The van der Waals surface area contributed by atoms with Gasteiger partial charge in [0.25, 0.3) is 0 Å². The van der Waals surface area contributed by atoms with Crippen molar-refractivity contribution in [1.82, 2.24) is 0 Å². The van der Waals surface area contributed by atoms with Crippen LogP contribution in [-0.2, 0) is 6.18 Å². The van der Waals surface area contributed by atoms with Crippen LogP contribution in [0.15, 0.2) is 48.5 Å². The van der Waals surface area contributed by atoms with Gasteiger partial charge in [0, 0.05) is 29.5 Å². The predicted molar refractivity (Wildman–Crippen MR) is 84.5 cm³/mol. The maximum atomic E-state index is 12.6. The Labute approximate surface area is 132 Å². The molecule has 0 aliphatic heterocycles. The lowest BCUT2D eigenvalue weighted by Gasteiger charge is -2.11. The van der Waals surface area contributed by atoms with Crippen LogP contribution in [0, 0.1) is 0 Å². The molecule has 2 aromatic carbocycles. The minimum atomic E-state index is -4.31. The number of hydrogen-bond donors (Lipinski definition) is 2. The van der Waals surface area contributed by atoms with Gasteiger partial charge in [-0.15, -0.1) is 0 Å². The third kappa shape index (κ3) is 5.15. The van der Waals surface area contributed by atoms with Crippen LogP contribution >= 0.6 is 11.6 Å². The predicted octanol–water partition coefficient (Wildman–Crippen LogP) is 5.27. The van der Waals surface area contributed by atoms with Gasteiger partial charge in [-0.1, -0.05) is 23.7 Å². The van der Waals surface area contributed by atoms with E-state index in [-0.39, 0.29) is 0 Å². The highest BCUT2D eigenvalue weighted by atomic mass is 35.5. The topological polar surface area (TPSA) is 24.1 Å². The van der Waals surface area contributed by atoms with Crippen LogP contribution in [0.2, 0.25) is 5.02 Å². The fraction of sp³-hybridized carbons (Fsp3) is 0.250. The van der Waals surface area contributed by atoms with Crippen LogP contribution in [0.1, 0.15) is 12.0 Å². The Kier molecular flexibility index (Phi) is 5.55. The lowest BCUT2D eigenvalue weighted by atomic mass is 10.2. The Hall–Kier alpha value is -1.88. The minimum Gasteiger partial charge on any atom is -0.385 e. The second kappa shape index (κ2) is 7.40. The maximum absolute atomic E-state index is 12.6. The number of rotatable bonds is 6. The zero-order valence-corrected chi connectivity index (χ0v) is 12.5. The lowest BCUT2D eigenvalue weighted by Crippen LogP contribution is -2.10. The summed E-state index contributed by atoms with van der Waals surface area (Å²) >= 11 is 5.87. The van der Waals surface area contributed by atoms with Crippen molar-refractivity contribution in [3.63, 3.8) is 0 Å². The van der Waals surface area contributed by atoms with E-state index in [1.165, 1.54) is 6.07 Å². The molecule has 6 heteroatoms. The van der Waals surface area contributed by atoms with E-state index in [0.29, 0.717) is 23.8 Å². The molecule has 0 spiro atoms. The molecule has 0 saturated carbocycles. The zero-order chi connectivity index (χ0) is 16.0. The lowest BCUT2D eigenvalue weighted by molar-refractivity contribution is -0.137. The zero-order valence-electron chi connectivity index (χ0n) is 11.8. The van der Waals surface area contributed by atoms with Gasteiger partial charge < -0.3 is 10.6 Å². The van der Waals surface area contributed by atoms with Gasteiger partial charge in [0.15, 0.2) is 0 Å². The van der Waals surface area contributed by atoms with E-state index in [1.54, 1.807) is 12.1 Å². The molecular formula is C16H16ClF3N2. The second-order valence-corrected chi connectivity index (χ2v) is 5.23. The Balaban J connectivity index is 1.75. The molecule has 0 bridgehead atoms. The van der Waals surface area contributed by atoms with Crippen LogP contribution in [0.4, 0.5) is 24.5 Å². The Morgan fingerprint density at radius 1 is 0.864 bits per heavy atom. The van der Waals surface area contributed by atoms with E-state index in [4.69, 9.17) is 11.6 Å². The summed E-state index contributed by atoms with van der Waals surface area (Å²) in [6.45, 7) is 1.28. The fourth-order valence-electron chi connectivity index (χ4n) is 1.96. The normalized spacial score (nSPS) is 11.3. The highest BCUT2D eigenvalue weighted by Crippen LogP contribution is 2.30. The van der Waals surface area contributed by atoms with Crippen molar-refractivity contribution in [2.75, 3.05) is 23.7 Å². The number of anilines is 2. The van der Waals surface area contributed by atoms with Gasteiger partial charge in [0.2, 0.25) is 0 Å². The van der Waals surface area contributed by atoms with Crippen molar-refractivity contribution in [3.8, 4) is 0 Å². The molecular weight excluding hydrogens is 313 g/mol. The van der Waals surface area contributed by atoms with Crippen molar-refractivity contribution in [3.05, 3.63) is 59.1 Å². The number of halogens is 4. The van der Waals surface area contributed by atoms with Crippen LogP contribution < -0.4 is 10.6 Å². The SMILES string of the molecule is FC(F)(F)c1cccc(NCCCNc2cccc(Cl)c2)c1. The summed E-state index contributed by atoms with van der Waals surface area (Å²) < 4.78 is 37.7. The molecule has 2 aromatic rings. The fourth-order valence-corrected chi connectivity index (χ4v) is 2.15. The van der Waals surface area contributed by atoms with E-state index in [2.05, 4.69) is 10.6 Å². The number of nitrogens with one attached hydrogen (secondary N) is 2. The molecule has 0 radical (unpaired) electrons. The van der Waals surface area contributed by atoms with Gasteiger partial charge in [-0.05, 0) is 42.8 Å². The molecule has 0 heterocycles. The maximum Gasteiger partial charge on any atom is 0.416 e. The van der Waals surface area contributed by atoms with Crippen molar-refractivity contribution >= 4 is 23.0 Å². The first-order valence-corrected chi connectivity index (χ1v) is 7.23. The summed E-state index contributed by atoms with van der Waals surface area (Å²) in [6, 6.07) is 12.6. The Bertz CT molecular complexity index is 614. The van der Waals surface area contributed by atoms with Crippen LogP contribution in [0.3, 0.4) is 0 Å². The third-order valence-corrected chi connectivity index (χ3v) is 3.26. The first kappa shape index (κ1) is 16.5. The summed E-state index contributed by atoms with van der Waals surface area (Å²) in [4.78, 5) is 0. The largest absolute Gasteiger partial charge is 0.416 e. The summed E-state index contributed by atoms with van der Waals surface area (Å²) in [5, 5.41) is 6.85. The number of benzene rings is 2. The third-order valence-electron chi connectivity index (χ3n) is 3.03. The van der Waals surface area contributed by atoms with Gasteiger partial charge >= 0.3 is 6.18 Å². The Morgan fingerprint density at radius 2 is 1.45 bits per heavy atom. The summed E-state index contributed by atoms with van der Waals surface area (Å²) in [5.74, 6) is 0. The molecule has 0 aromatic heterocycles. The van der Waals surface area contributed by atoms with Gasteiger partial charge in [0.05, 0.1) is 5.56 Å². The van der Waals surface area contributed by atoms with Crippen LogP contribution in [0.5, 0.6) is 0 Å². The summed E-state index contributed by atoms with van der Waals surface area (Å²) in [5.41, 5.74) is 0.749. The standard InChI is InChI=1S/C16H16ClF3N2/c17-13-5-2-7-15(11-13)22-9-3-8-21-14-6-1-4-12(10-14)16(18,19)20/h1-2,4-7,10-11,21-22H,3,8-9H2. The number of hydrogen-bond acceptors (Lipinski definition) is 2. The molecule has 2 N–H and O–H groups in total. The van der Waals surface area contributed by atoms with Gasteiger partial charge in [-0.3, -0.25) is 0 Å². The highest BCUT2D eigenvalue weighted by Gasteiger charge is 2.30. The molecule has 0 aliphatic rings. The van der Waals surface area contributed by atoms with Gasteiger partial charge in [-0.25, -0.2) is 0 Å². The van der Waals surface area contributed by atoms with Crippen molar-refractivity contribution in [1.29, 1.82) is 0 Å². The van der Waals surface area contributed by atoms with Crippen LogP contribution in [-0.4, -0.2) is 13.1 Å². The second-order valence-electron chi connectivity index (χ2n) is 4.80. The van der Waals surface area contributed by atoms with E-state index < -0.39 is 11.7 Å². The van der Waals surface area contributed by atoms with Gasteiger partial charge in [0.1, 0.15) is 0 Å². The first-order valence-electron chi connectivity index (χ1n) is 6.86. The Morgan fingerprint density at radius 3 is 2.05 bits per heavy atom. The van der Waals surface area contributed by atoms with Crippen molar-refractivity contribution in [2.24, 2.45) is 0 Å². The average Bonchev–Trinajstić information content (AvgIpc) is 2.46. The molecule has 0 saturated heterocycles. The van der Waals surface area contributed by atoms with Crippen molar-refractivity contribution < 1.29 is 13.2 Å². The smallest absolute Gasteiger partial charge is 0.385 e. The molecule has 0 atom stereocenters. The van der Waals surface area contributed by atoms with Crippen LogP contribution in [0.25, 0.3) is 0 Å².